The van der Waals surface area contributed by atoms with Crippen LogP contribution in [0.2, 0.25) is 0 Å². The Morgan fingerprint density at radius 2 is 2.23 bits per heavy atom. The van der Waals surface area contributed by atoms with E-state index in [0.717, 1.165) is 32.5 Å². The summed E-state index contributed by atoms with van der Waals surface area (Å²) < 4.78 is 5.53. The summed E-state index contributed by atoms with van der Waals surface area (Å²) in [5.41, 5.74) is 0. The molecule has 0 spiro atoms. The summed E-state index contributed by atoms with van der Waals surface area (Å²) >= 11 is 0. The zero-order valence-electron chi connectivity index (χ0n) is 8.49. The SMILES string of the molecule is CCN(CC)C(C#N)C1CCCO1. The first kappa shape index (κ1) is 10.5. The molecule has 0 saturated carbocycles. The summed E-state index contributed by atoms with van der Waals surface area (Å²) in [5, 5.41) is 9.05. The van der Waals surface area contributed by atoms with Crippen molar-refractivity contribution in [1.29, 1.82) is 5.26 Å². The Morgan fingerprint density at radius 3 is 2.62 bits per heavy atom. The quantitative estimate of drug-likeness (QED) is 0.659. The maximum Gasteiger partial charge on any atom is 0.124 e. The molecule has 13 heavy (non-hydrogen) atoms. The maximum atomic E-state index is 9.05. The molecule has 1 aliphatic heterocycles. The van der Waals surface area contributed by atoms with Crippen molar-refractivity contribution in [3.8, 4) is 6.07 Å². The molecule has 0 aromatic carbocycles. The molecule has 0 amide bonds. The topological polar surface area (TPSA) is 36.3 Å². The molecule has 2 unspecified atom stereocenters. The van der Waals surface area contributed by atoms with E-state index < -0.39 is 0 Å². The molecule has 3 heteroatoms. The first-order valence-corrected chi connectivity index (χ1v) is 5.08. The van der Waals surface area contributed by atoms with Gasteiger partial charge in [0, 0.05) is 6.61 Å². The van der Waals surface area contributed by atoms with Crippen molar-refractivity contribution in [3.05, 3.63) is 0 Å². The Hall–Kier alpha value is -0.590. The first-order valence-electron chi connectivity index (χ1n) is 5.08. The highest BCUT2D eigenvalue weighted by molar-refractivity contribution is 4.98. The lowest BCUT2D eigenvalue weighted by Gasteiger charge is -2.27. The van der Waals surface area contributed by atoms with Gasteiger partial charge >= 0.3 is 0 Å². The predicted molar refractivity (Wildman–Crippen MR) is 51.3 cm³/mol. The van der Waals surface area contributed by atoms with Crippen LogP contribution in [0, 0.1) is 11.3 Å². The Balaban J connectivity index is 2.54. The van der Waals surface area contributed by atoms with Gasteiger partial charge in [-0.15, -0.1) is 0 Å². The molecule has 1 aliphatic rings. The summed E-state index contributed by atoms with van der Waals surface area (Å²) in [6, 6.07) is 2.30. The van der Waals surface area contributed by atoms with E-state index in [1.54, 1.807) is 0 Å². The largest absolute Gasteiger partial charge is 0.375 e. The molecule has 3 nitrogen and oxygen atoms in total. The average molecular weight is 182 g/mol. The van der Waals surface area contributed by atoms with Gasteiger partial charge in [-0.2, -0.15) is 5.26 Å². The third kappa shape index (κ3) is 2.43. The summed E-state index contributed by atoms with van der Waals surface area (Å²) in [4.78, 5) is 2.16. The molecule has 0 N–H and O–H groups in total. The van der Waals surface area contributed by atoms with E-state index in [9.17, 15) is 0 Å². The zero-order chi connectivity index (χ0) is 9.68. The molecule has 0 aromatic rings. The van der Waals surface area contributed by atoms with Crippen LogP contribution in [0.15, 0.2) is 0 Å². The summed E-state index contributed by atoms with van der Waals surface area (Å²) in [7, 11) is 0. The lowest BCUT2D eigenvalue weighted by Crippen LogP contribution is -2.42. The van der Waals surface area contributed by atoms with Crippen LogP contribution in [0.1, 0.15) is 26.7 Å². The first-order chi connectivity index (χ1) is 6.33. The van der Waals surface area contributed by atoms with E-state index in [1.165, 1.54) is 0 Å². The highest BCUT2D eigenvalue weighted by atomic mass is 16.5. The summed E-state index contributed by atoms with van der Waals surface area (Å²) in [6.07, 6.45) is 2.28. The predicted octanol–water partition coefficient (Wildman–Crippen LogP) is 1.40. The molecule has 2 atom stereocenters. The van der Waals surface area contributed by atoms with Gasteiger partial charge in [0.05, 0.1) is 12.2 Å². The van der Waals surface area contributed by atoms with E-state index in [4.69, 9.17) is 10.00 Å². The van der Waals surface area contributed by atoms with Crippen molar-refractivity contribution in [2.75, 3.05) is 19.7 Å². The molecule has 1 fully saturated rings. The molecule has 1 saturated heterocycles. The van der Waals surface area contributed by atoms with Crippen molar-refractivity contribution in [2.24, 2.45) is 0 Å². The van der Waals surface area contributed by atoms with Crippen molar-refractivity contribution in [3.63, 3.8) is 0 Å². The zero-order valence-corrected chi connectivity index (χ0v) is 8.49. The smallest absolute Gasteiger partial charge is 0.124 e. The van der Waals surface area contributed by atoms with Gasteiger partial charge in [0.15, 0.2) is 0 Å². The molecule has 0 radical (unpaired) electrons. The van der Waals surface area contributed by atoms with E-state index in [0.29, 0.717) is 0 Å². The molecule has 0 bridgehead atoms. The van der Waals surface area contributed by atoms with Gasteiger partial charge in [0.1, 0.15) is 6.04 Å². The van der Waals surface area contributed by atoms with E-state index in [-0.39, 0.29) is 12.1 Å². The Bertz CT molecular complexity index is 176. The van der Waals surface area contributed by atoms with Crippen molar-refractivity contribution < 1.29 is 4.74 Å². The Kier molecular flexibility index (Phi) is 4.20. The third-order valence-corrected chi connectivity index (χ3v) is 2.66. The molecular formula is C10H18N2O. The second-order valence-corrected chi connectivity index (χ2v) is 3.35. The highest BCUT2D eigenvalue weighted by Gasteiger charge is 2.29. The van der Waals surface area contributed by atoms with Crippen LogP contribution < -0.4 is 0 Å². The lowest BCUT2D eigenvalue weighted by atomic mass is 10.1. The van der Waals surface area contributed by atoms with Gasteiger partial charge in [-0.05, 0) is 25.9 Å². The maximum absolute atomic E-state index is 9.05. The normalized spacial score (nSPS) is 24.6. The number of ether oxygens (including phenoxy) is 1. The fourth-order valence-electron chi connectivity index (χ4n) is 1.87. The van der Waals surface area contributed by atoms with Gasteiger partial charge in [0.2, 0.25) is 0 Å². The van der Waals surface area contributed by atoms with E-state index in [2.05, 4.69) is 24.8 Å². The molecule has 1 rings (SSSR count). The monoisotopic (exact) mass is 182 g/mol. The molecule has 74 valence electrons. The van der Waals surface area contributed by atoms with Crippen LogP contribution in [0.5, 0.6) is 0 Å². The third-order valence-electron chi connectivity index (χ3n) is 2.66. The van der Waals surface area contributed by atoms with Gasteiger partial charge < -0.3 is 4.74 Å². The minimum atomic E-state index is -0.0440. The number of hydrogen-bond donors (Lipinski definition) is 0. The minimum Gasteiger partial charge on any atom is -0.375 e. The highest BCUT2D eigenvalue weighted by Crippen LogP contribution is 2.19. The van der Waals surface area contributed by atoms with Crippen molar-refractivity contribution in [2.45, 2.75) is 38.8 Å². The molecule has 0 aromatic heterocycles. The van der Waals surface area contributed by atoms with Crippen LogP contribution >= 0.6 is 0 Å². The van der Waals surface area contributed by atoms with Gasteiger partial charge in [-0.3, -0.25) is 4.90 Å². The van der Waals surface area contributed by atoms with Crippen LogP contribution in [0.25, 0.3) is 0 Å². The number of nitriles is 1. The number of hydrogen-bond acceptors (Lipinski definition) is 3. The fourth-order valence-corrected chi connectivity index (χ4v) is 1.87. The second kappa shape index (κ2) is 5.21. The van der Waals surface area contributed by atoms with Gasteiger partial charge in [-0.1, -0.05) is 13.8 Å². The van der Waals surface area contributed by atoms with E-state index >= 15 is 0 Å². The van der Waals surface area contributed by atoms with Crippen LogP contribution in [0.4, 0.5) is 0 Å². The van der Waals surface area contributed by atoms with Crippen LogP contribution in [-0.2, 0) is 4.74 Å². The minimum absolute atomic E-state index is 0.0440. The fraction of sp³-hybridized carbons (Fsp3) is 0.900. The average Bonchev–Trinajstić information content (AvgIpc) is 2.66. The number of rotatable bonds is 4. The number of nitrogens with zero attached hydrogens (tertiary/aromatic N) is 2. The van der Waals surface area contributed by atoms with Crippen molar-refractivity contribution in [1.82, 2.24) is 4.90 Å². The molecular weight excluding hydrogens is 164 g/mol. The molecule has 0 aliphatic carbocycles. The lowest BCUT2D eigenvalue weighted by molar-refractivity contribution is 0.0500. The summed E-state index contributed by atoms with van der Waals surface area (Å²) in [6.45, 7) is 6.85. The second-order valence-electron chi connectivity index (χ2n) is 3.35. The van der Waals surface area contributed by atoms with Crippen LogP contribution in [-0.4, -0.2) is 36.7 Å². The Morgan fingerprint density at radius 1 is 1.54 bits per heavy atom. The van der Waals surface area contributed by atoms with Gasteiger partial charge in [-0.25, -0.2) is 0 Å². The van der Waals surface area contributed by atoms with E-state index in [1.807, 2.05) is 0 Å². The van der Waals surface area contributed by atoms with Crippen LogP contribution in [0.3, 0.4) is 0 Å². The molecule has 1 heterocycles. The summed E-state index contributed by atoms with van der Waals surface area (Å²) in [5.74, 6) is 0. The standard InChI is InChI=1S/C10H18N2O/c1-3-12(4-2)9(8-11)10-6-5-7-13-10/h9-10H,3-7H2,1-2H3. The Labute approximate surface area is 80.3 Å². The van der Waals surface area contributed by atoms with Crippen molar-refractivity contribution >= 4 is 0 Å². The van der Waals surface area contributed by atoms with Gasteiger partial charge in [0.25, 0.3) is 0 Å². The number of likely N-dealkylation sites (N-methyl/N-ethyl adjacent to an activating group) is 1.